The molecule has 0 aliphatic rings. The van der Waals surface area contributed by atoms with E-state index >= 15 is 0 Å². The summed E-state index contributed by atoms with van der Waals surface area (Å²) in [5, 5.41) is 26.2. The molecule has 3 N–H and O–H groups in total. The first-order chi connectivity index (χ1) is 9.31. The predicted octanol–water partition coefficient (Wildman–Crippen LogP) is 0.326. The smallest absolute Gasteiger partial charge is 0.321 e. The number of benzene rings is 1. The van der Waals surface area contributed by atoms with Crippen molar-refractivity contribution in [2.24, 2.45) is 0 Å². The van der Waals surface area contributed by atoms with Crippen LogP contribution in [0.25, 0.3) is 0 Å². The van der Waals surface area contributed by atoms with Crippen LogP contribution in [0.4, 0.5) is 0 Å². The van der Waals surface area contributed by atoms with Crippen molar-refractivity contribution < 1.29 is 23.4 Å². The molecule has 1 unspecified atom stereocenters. The van der Waals surface area contributed by atoms with Crippen molar-refractivity contribution in [1.82, 2.24) is 4.72 Å². The third kappa shape index (κ3) is 3.91. The molecule has 0 radical (unpaired) electrons. The molecule has 1 aromatic carbocycles. The van der Waals surface area contributed by atoms with E-state index in [2.05, 4.69) is 0 Å². The number of aliphatic carboxylic acids is 1. The van der Waals surface area contributed by atoms with Gasteiger partial charge < -0.3 is 10.2 Å². The minimum absolute atomic E-state index is 0.0515. The minimum Gasteiger partial charge on any atom is -0.480 e. The minimum atomic E-state index is -4.11. The van der Waals surface area contributed by atoms with Crippen molar-refractivity contribution in [2.75, 3.05) is 6.61 Å². The van der Waals surface area contributed by atoms with Crippen LogP contribution in [0, 0.1) is 11.3 Å². The van der Waals surface area contributed by atoms with E-state index < -0.39 is 28.6 Å². The van der Waals surface area contributed by atoms with Crippen molar-refractivity contribution in [3.63, 3.8) is 0 Å². The molecule has 108 valence electrons. The lowest BCUT2D eigenvalue weighted by Crippen LogP contribution is -2.41. The van der Waals surface area contributed by atoms with Crippen LogP contribution in [-0.2, 0) is 14.8 Å². The Morgan fingerprint density at radius 3 is 2.60 bits per heavy atom. The Balaban J connectivity index is 3.08. The summed E-state index contributed by atoms with van der Waals surface area (Å²) >= 11 is 5.72. The maximum absolute atomic E-state index is 12.0. The molecule has 0 heterocycles. The Kier molecular flexibility index (Phi) is 5.47. The second-order valence-corrected chi connectivity index (χ2v) is 5.90. The van der Waals surface area contributed by atoms with Gasteiger partial charge in [0.25, 0.3) is 0 Å². The number of aliphatic hydroxyl groups is 1. The number of carboxylic acid groups (broad SMARTS) is 1. The van der Waals surface area contributed by atoms with E-state index in [1.807, 2.05) is 4.72 Å². The van der Waals surface area contributed by atoms with Gasteiger partial charge in [-0.05, 0) is 24.6 Å². The molecule has 0 fully saturated rings. The van der Waals surface area contributed by atoms with E-state index in [9.17, 15) is 13.2 Å². The second-order valence-electron chi connectivity index (χ2n) is 3.78. The van der Waals surface area contributed by atoms with Crippen LogP contribution in [-0.4, -0.2) is 37.2 Å². The van der Waals surface area contributed by atoms with Gasteiger partial charge in [0, 0.05) is 6.61 Å². The highest BCUT2D eigenvalue weighted by molar-refractivity contribution is 7.89. The highest BCUT2D eigenvalue weighted by Gasteiger charge is 2.25. The number of carboxylic acids is 1. The third-order valence-corrected chi connectivity index (χ3v) is 4.17. The van der Waals surface area contributed by atoms with Crippen LogP contribution in [0.1, 0.15) is 12.0 Å². The SMILES string of the molecule is N#Cc1ccc(S(=O)(=O)NC(CCO)C(=O)O)cc1Cl. The van der Waals surface area contributed by atoms with Crippen LogP contribution >= 0.6 is 11.6 Å². The van der Waals surface area contributed by atoms with Crippen LogP contribution in [0.5, 0.6) is 0 Å². The summed E-state index contributed by atoms with van der Waals surface area (Å²) in [5.41, 5.74) is 0.107. The van der Waals surface area contributed by atoms with Gasteiger partial charge in [-0.2, -0.15) is 9.98 Å². The normalized spacial score (nSPS) is 12.7. The summed E-state index contributed by atoms with van der Waals surface area (Å²) in [6, 6.07) is 3.75. The fraction of sp³-hybridized carbons (Fsp3) is 0.273. The van der Waals surface area contributed by atoms with E-state index in [4.69, 9.17) is 27.1 Å². The Morgan fingerprint density at radius 2 is 2.15 bits per heavy atom. The molecule has 0 aliphatic carbocycles. The van der Waals surface area contributed by atoms with Crippen molar-refractivity contribution in [3.8, 4) is 6.07 Å². The van der Waals surface area contributed by atoms with Crippen molar-refractivity contribution in [1.29, 1.82) is 5.26 Å². The summed E-state index contributed by atoms with van der Waals surface area (Å²) in [5.74, 6) is -1.40. The van der Waals surface area contributed by atoms with E-state index in [1.165, 1.54) is 6.07 Å². The van der Waals surface area contributed by atoms with Gasteiger partial charge in [-0.15, -0.1) is 0 Å². The van der Waals surface area contributed by atoms with Crippen molar-refractivity contribution >= 4 is 27.6 Å². The number of carbonyl (C=O) groups is 1. The number of sulfonamides is 1. The number of aliphatic hydroxyl groups excluding tert-OH is 1. The Hall–Kier alpha value is -1.66. The van der Waals surface area contributed by atoms with E-state index in [0.717, 1.165) is 12.1 Å². The third-order valence-electron chi connectivity index (χ3n) is 2.38. The maximum Gasteiger partial charge on any atom is 0.321 e. The highest BCUT2D eigenvalue weighted by atomic mass is 35.5. The molecule has 1 aromatic rings. The number of nitrogens with zero attached hydrogens (tertiary/aromatic N) is 1. The predicted molar refractivity (Wildman–Crippen MR) is 69.6 cm³/mol. The zero-order chi connectivity index (χ0) is 15.3. The molecule has 1 atom stereocenters. The van der Waals surface area contributed by atoms with Gasteiger partial charge in [0.15, 0.2) is 0 Å². The van der Waals surface area contributed by atoms with Gasteiger partial charge in [0.2, 0.25) is 10.0 Å². The number of halogens is 1. The molecule has 0 saturated heterocycles. The molecular formula is C11H11ClN2O5S. The molecule has 0 aliphatic heterocycles. The lowest BCUT2D eigenvalue weighted by atomic mass is 10.2. The number of nitriles is 1. The van der Waals surface area contributed by atoms with Gasteiger partial charge in [-0.3, -0.25) is 4.79 Å². The monoisotopic (exact) mass is 318 g/mol. The molecule has 20 heavy (non-hydrogen) atoms. The summed E-state index contributed by atoms with van der Waals surface area (Å²) < 4.78 is 25.9. The van der Waals surface area contributed by atoms with E-state index in [1.54, 1.807) is 6.07 Å². The first-order valence-corrected chi connectivity index (χ1v) is 7.23. The standard InChI is InChI=1S/C11H11ClN2O5S/c12-9-5-8(2-1-7(9)6-13)20(18,19)14-10(3-4-15)11(16)17/h1-2,5,10,14-15H,3-4H2,(H,16,17). The molecule has 0 saturated carbocycles. The summed E-state index contributed by atoms with van der Waals surface area (Å²) in [7, 11) is -4.11. The summed E-state index contributed by atoms with van der Waals surface area (Å²) in [4.78, 5) is 10.6. The van der Waals surface area contributed by atoms with Crippen LogP contribution in [0.15, 0.2) is 23.1 Å². The first kappa shape index (κ1) is 16.4. The Morgan fingerprint density at radius 1 is 1.50 bits per heavy atom. The lowest BCUT2D eigenvalue weighted by Gasteiger charge is -2.13. The average molecular weight is 319 g/mol. The van der Waals surface area contributed by atoms with Crippen LogP contribution < -0.4 is 4.72 Å². The molecular weight excluding hydrogens is 308 g/mol. The maximum atomic E-state index is 12.0. The molecule has 0 aromatic heterocycles. The molecule has 0 bridgehead atoms. The fourth-order valence-electron chi connectivity index (χ4n) is 1.37. The van der Waals surface area contributed by atoms with E-state index in [0.29, 0.717) is 0 Å². The van der Waals surface area contributed by atoms with Crippen molar-refractivity contribution in [2.45, 2.75) is 17.4 Å². The Labute approximate surface area is 120 Å². The largest absolute Gasteiger partial charge is 0.480 e. The van der Waals surface area contributed by atoms with Crippen LogP contribution in [0.2, 0.25) is 5.02 Å². The van der Waals surface area contributed by atoms with Crippen LogP contribution in [0.3, 0.4) is 0 Å². The molecule has 7 nitrogen and oxygen atoms in total. The average Bonchev–Trinajstić information content (AvgIpc) is 2.37. The summed E-state index contributed by atoms with van der Waals surface area (Å²) in [6.07, 6.45) is -0.265. The van der Waals surface area contributed by atoms with Gasteiger partial charge in [0.1, 0.15) is 12.1 Å². The topological polar surface area (TPSA) is 127 Å². The second kappa shape index (κ2) is 6.67. The zero-order valence-corrected chi connectivity index (χ0v) is 11.6. The molecule has 1 rings (SSSR count). The Bertz CT molecular complexity index is 653. The lowest BCUT2D eigenvalue weighted by molar-refractivity contribution is -0.139. The fourth-order valence-corrected chi connectivity index (χ4v) is 2.91. The molecule has 0 amide bonds. The first-order valence-electron chi connectivity index (χ1n) is 5.37. The van der Waals surface area contributed by atoms with Gasteiger partial charge in [-0.25, -0.2) is 8.42 Å². The number of hydrogen-bond acceptors (Lipinski definition) is 5. The van der Waals surface area contributed by atoms with Gasteiger partial charge in [0.05, 0.1) is 15.5 Å². The summed E-state index contributed by atoms with van der Waals surface area (Å²) in [6.45, 7) is -0.479. The molecule has 0 spiro atoms. The van der Waals surface area contributed by atoms with Crippen molar-refractivity contribution in [3.05, 3.63) is 28.8 Å². The van der Waals surface area contributed by atoms with Gasteiger partial charge >= 0.3 is 5.97 Å². The molecule has 9 heteroatoms. The highest BCUT2D eigenvalue weighted by Crippen LogP contribution is 2.20. The van der Waals surface area contributed by atoms with Gasteiger partial charge in [-0.1, -0.05) is 11.6 Å². The quantitative estimate of drug-likeness (QED) is 0.693. The van der Waals surface area contributed by atoms with E-state index in [-0.39, 0.29) is 21.9 Å². The number of nitrogens with one attached hydrogen (secondary N) is 1. The number of rotatable bonds is 6. The zero-order valence-electron chi connectivity index (χ0n) is 10.1. The number of hydrogen-bond donors (Lipinski definition) is 3.